The average molecular weight is 300 g/mol. The summed E-state index contributed by atoms with van der Waals surface area (Å²) in [5.74, 6) is -0.648. The number of nitriles is 2. The Morgan fingerprint density at radius 1 is 1.38 bits per heavy atom. The smallest absolute Gasteiger partial charge is 0.246 e. The molecule has 0 aliphatic heterocycles. The van der Waals surface area contributed by atoms with E-state index in [0.717, 1.165) is 0 Å². The molecule has 1 rings (SSSR count). The van der Waals surface area contributed by atoms with Gasteiger partial charge in [0.15, 0.2) is 5.75 Å². The van der Waals surface area contributed by atoms with Gasteiger partial charge in [-0.25, -0.2) is 8.42 Å². The van der Waals surface area contributed by atoms with Crippen LogP contribution in [-0.2, 0) is 10.0 Å². The molecule has 0 atom stereocenters. The largest absolute Gasteiger partial charge is 0.281 e. The predicted octanol–water partition coefficient (Wildman–Crippen LogP) is 1.59. The quantitative estimate of drug-likeness (QED) is 0.917. The molecule has 0 aliphatic rings. The topological polar surface area (TPSA) is 93.8 Å². The lowest BCUT2D eigenvalue weighted by molar-refractivity contribution is 0.604. The summed E-state index contributed by atoms with van der Waals surface area (Å²) in [6.07, 6.45) is 0. The fourth-order valence-electron chi connectivity index (χ4n) is 0.987. The van der Waals surface area contributed by atoms with Crippen LogP contribution in [0.25, 0.3) is 0 Å². The Bertz CT molecular complexity index is 584. The van der Waals surface area contributed by atoms with Crippen molar-refractivity contribution in [3.63, 3.8) is 0 Å². The Balaban J connectivity index is 3.12. The average Bonchev–Trinajstić information content (AvgIpc) is 2.17. The van der Waals surface area contributed by atoms with Crippen LogP contribution in [0.1, 0.15) is 5.56 Å². The molecule has 1 aromatic carbocycles. The van der Waals surface area contributed by atoms with Crippen molar-refractivity contribution in [3.8, 4) is 12.1 Å². The number of nitrogens with zero attached hydrogens (tertiary/aromatic N) is 2. The third-order valence-corrected chi connectivity index (χ3v) is 3.16. The van der Waals surface area contributed by atoms with Gasteiger partial charge in [0.2, 0.25) is 10.0 Å². The summed E-state index contributed by atoms with van der Waals surface area (Å²) in [5, 5.41) is 17.1. The van der Waals surface area contributed by atoms with E-state index in [0.29, 0.717) is 4.47 Å². The first-order chi connectivity index (χ1) is 7.48. The summed E-state index contributed by atoms with van der Waals surface area (Å²) >= 11 is 3.16. The van der Waals surface area contributed by atoms with Crippen molar-refractivity contribution in [2.24, 2.45) is 0 Å². The van der Waals surface area contributed by atoms with Crippen LogP contribution in [0, 0.1) is 22.7 Å². The van der Waals surface area contributed by atoms with E-state index in [1.54, 1.807) is 6.07 Å². The first-order valence-electron chi connectivity index (χ1n) is 4.05. The summed E-state index contributed by atoms with van der Waals surface area (Å²) in [7, 11) is -3.72. The van der Waals surface area contributed by atoms with Gasteiger partial charge in [0.25, 0.3) is 0 Å². The number of hydrogen-bond acceptors (Lipinski definition) is 4. The molecule has 0 bridgehead atoms. The fourth-order valence-corrected chi connectivity index (χ4v) is 2.09. The van der Waals surface area contributed by atoms with Crippen molar-refractivity contribution in [2.75, 3.05) is 10.5 Å². The number of halogens is 1. The van der Waals surface area contributed by atoms with E-state index in [-0.39, 0.29) is 11.3 Å². The van der Waals surface area contributed by atoms with Crippen molar-refractivity contribution in [3.05, 3.63) is 28.2 Å². The lowest BCUT2D eigenvalue weighted by atomic mass is 10.2. The molecule has 0 saturated carbocycles. The molecule has 1 N–H and O–H groups in total. The van der Waals surface area contributed by atoms with Gasteiger partial charge < -0.3 is 0 Å². The van der Waals surface area contributed by atoms with Crippen LogP contribution >= 0.6 is 15.9 Å². The molecule has 0 spiro atoms. The molecule has 0 unspecified atom stereocenters. The van der Waals surface area contributed by atoms with Crippen molar-refractivity contribution < 1.29 is 8.42 Å². The van der Waals surface area contributed by atoms with Crippen LogP contribution < -0.4 is 4.72 Å². The molecule has 0 aliphatic carbocycles. The molecule has 7 heteroatoms. The van der Waals surface area contributed by atoms with Gasteiger partial charge in [0.1, 0.15) is 6.07 Å². The van der Waals surface area contributed by atoms with Gasteiger partial charge in [-0.05, 0) is 18.2 Å². The third kappa shape index (κ3) is 3.23. The van der Waals surface area contributed by atoms with E-state index in [4.69, 9.17) is 10.5 Å². The molecule has 16 heavy (non-hydrogen) atoms. The molecule has 0 heterocycles. The number of benzene rings is 1. The molecular weight excluding hydrogens is 294 g/mol. The van der Waals surface area contributed by atoms with E-state index in [1.807, 2.05) is 6.07 Å². The highest BCUT2D eigenvalue weighted by molar-refractivity contribution is 9.10. The Hall–Kier alpha value is -1.57. The van der Waals surface area contributed by atoms with E-state index in [2.05, 4.69) is 20.7 Å². The zero-order chi connectivity index (χ0) is 12.2. The summed E-state index contributed by atoms with van der Waals surface area (Å²) in [4.78, 5) is 0. The molecular formula is C9H6BrN3O2S. The molecule has 0 aromatic heterocycles. The second kappa shape index (κ2) is 4.97. The highest BCUT2D eigenvalue weighted by atomic mass is 79.9. The van der Waals surface area contributed by atoms with Crippen LogP contribution in [-0.4, -0.2) is 14.2 Å². The first kappa shape index (κ1) is 12.5. The van der Waals surface area contributed by atoms with E-state index in [1.165, 1.54) is 18.2 Å². The number of hydrogen-bond donors (Lipinski definition) is 1. The van der Waals surface area contributed by atoms with Crippen LogP contribution in [0.5, 0.6) is 0 Å². The summed E-state index contributed by atoms with van der Waals surface area (Å²) < 4.78 is 25.5. The molecule has 1 aromatic rings. The standard InChI is InChI=1S/C9H6BrN3O2S/c10-8-2-1-7(6-12)9(5-8)13-16(14,15)4-3-11/h1-2,5,13H,4H2. The van der Waals surface area contributed by atoms with Gasteiger partial charge in [-0.15, -0.1) is 0 Å². The van der Waals surface area contributed by atoms with Crippen molar-refractivity contribution >= 4 is 31.6 Å². The maximum Gasteiger partial charge on any atom is 0.246 e. The molecule has 82 valence electrons. The zero-order valence-corrected chi connectivity index (χ0v) is 10.3. The van der Waals surface area contributed by atoms with Crippen LogP contribution in [0.3, 0.4) is 0 Å². The third-order valence-electron chi connectivity index (χ3n) is 1.62. The highest BCUT2D eigenvalue weighted by Gasteiger charge is 2.12. The second-order valence-corrected chi connectivity index (χ2v) is 5.46. The SMILES string of the molecule is N#CCS(=O)(=O)Nc1cc(Br)ccc1C#N. The van der Waals surface area contributed by atoms with Crippen LogP contribution in [0.2, 0.25) is 0 Å². The van der Waals surface area contributed by atoms with Gasteiger partial charge in [0.05, 0.1) is 17.3 Å². The minimum absolute atomic E-state index is 0.159. The summed E-state index contributed by atoms with van der Waals surface area (Å²) in [6.45, 7) is 0. The van der Waals surface area contributed by atoms with E-state index < -0.39 is 15.8 Å². The fraction of sp³-hybridized carbons (Fsp3) is 0.111. The number of rotatable bonds is 3. The first-order valence-corrected chi connectivity index (χ1v) is 6.50. The highest BCUT2D eigenvalue weighted by Crippen LogP contribution is 2.21. The Morgan fingerprint density at radius 2 is 2.06 bits per heavy atom. The molecule has 0 radical (unpaired) electrons. The number of nitrogens with one attached hydrogen (secondary N) is 1. The van der Waals surface area contributed by atoms with E-state index in [9.17, 15) is 8.42 Å². The zero-order valence-electron chi connectivity index (χ0n) is 7.94. The minimum Gasteiger partial charge on any atom is -0.281 e. The molecule has 0 fully saturated rings. The molecule has 0 saturated heterocycles. The normalized spacial score (nSPS) is 10.2. The van der Waals surface area contributed by atoms with Crippen molar-refractivity contribution in [1.29, 1.82) is 10.5 Å². The van der Waals surface area contributed by atoms with E-state index >= 15 is 0 Å². The van der Waals surface area contributed by atoms with Gasteiger partial charge in [-0.1, -0.05) is 15.9 Å². The van der Waals surface area contributed by atoms with Gasteiger partial charge in [-0.2, -0.15) is 10.5 Å². The lowest BCUT2D eigenvalue weighted by Gasteiger charge is -2.07. The van der Waals surface area contributed by atoms with Crippen LogP contribution in [0.15, 0.2) is 22.7 Å². The van der Waals surface area contributed by atoms with Gasteiger partial charge in [-0.3, -0.25) is 4.72 Å². The Labute approximate surface area is 101 Å². The maximum atomic E-state index is 11.3. The minimum atomic E-state index is -3.72. The molecule has 0 amide bonds. The maximum absolute atomic E-state index is 11.3. The number of anilines is 1. The van der Waals surface area contributed by atoms with Crippen molar-refractivity contribution in [1.82, 2.24) is 0 Å². The second-order valence-electron chi connectivity index (χ2n) is 2.82. The van der Waals surface area contributed by atoms with Crippen molar-refractivity contribution in [2.45, 2.75) is 0 Å². The van der Waals surface area contributed by atoms with Gasteiger partial charge in [0, 0.05) is 4.47 Å². The number of sulfonamides is 1. The Morgan fingerprint density at radius 3 is 2.62 bits per heavy atom. The summed E-state index contributed by atoms with van der Waals surface area (Å²) in [6, 6.07) is 7.96. The van der Waals surface area contributed by atoms with Crippen LogP contribution in [0.4, 0.5) is 5.69 Å². The predicted molar refractivity (Wildman–Crippen MR) is 61.9 cm³/mol. The summed E-state index contributed by atoms with van der Waals surface area (Å²) in [5.41, 5.74) is 0.358. The molecule has 5 nitrogen and oxygen atoms in total. The lowest BCUT2D eigenvalue weighted by Crippen LogP contribution is -2.16. The van der Waals surface area contributed by atoms with Gasteiger partial charge >= 0.3 is 0 Å². The monoisotopic (exact) mass is 299 g/mol. The Kier molecular flexibility index (Phi) is 3.88.